The monoisotopic (exact) mass is 391 g/mol. The van der Waals surface area contributed by atoms with Crippen LogP contribution in [0.2, 0.25) is 0 Å². The normalized spacial score (nSPS) is 10.4. The van der Waals surface area contributed by atoms with Gasteiger partial charge in [0.2, 0.25) is 5.91 Å². The van der Waals surface area contributed by atoms with Gasteiger partial charge in [-0.2, -0.15) is 5.26 Å². The van der Waals surface area contributed by atoms with Crippen LogP contribution in [0.4, 0.5) is 5.82 Å². The van der Waals surface area contributed by atoms with Gasteiger partial charge in [0.05, 0.1) is 5.69 Å². The number of hydrogen-bond acceptors (Lipinski definition) is 2. The lowest BCUT2D eigenvalue weighted by Gasteiger charge is -2.15. The van der Waals surface area contributed by atoms with E-state index in [4.69, 9.17) is 0 Å². The Kier molecular flexibility index (Phi) is 5.45. The summed E-state index contributed by atoms with van der Waals surface area (Å²) >= 11 is 0. The van der Waals surface area contributed by atoms with Crippen LogP contribution in [-0.2, 0) is 11.3 Å². The van der Waals surface area contributed by atoms with E-state index in [-0.39, 0.29) is 5.91 Å². The molecule has 0 aliphatic carbocycles. The number of amides is 1. The maximum atomic E-state index is 12.0. The first-order chi connectivity index (χ1) is 14.7. The molecule has 1 N–H and O–H groups in total. The molecule has 0 saturated carbocycles. The van der Waals surface area contributed by atoms with E-state index in [0.29, 0.717) is 17.9 Å². The number of aromatic nitrogens is 1. The zero-order valence-electron chi connectivity index (χ0n) is 16.7. The molecule has 3 aromatic carbocycles. The van der Waals surface area contributed by atoms with Crippen molar-refractivity contribution >= 4 is 11.7 Å². The number of nitrogens with one attached hydrogen (secondary N) is 1. The molecular weight excluding hydrogens is 370 g/mol. The molecule has 0 saturated heterocycles. The molecule has 0 radical (unpaired) electrons. The number of anilines is 1. The summed E-state index contributed by atoms with van der Waals surface area (Å²) < 4.78 is 2.03. The SMILES string of the molecule is CC(=O)Nc1c(C#N)c(-c2ccccc2)c(-c2ccccc2)n1Cc1ccccc1. The smallest absolute Gasteiger partial charge is 0.222 e. The van der Waals surface area contributed by atoms with Crippen LogP contribution in [0.5, 0.6) is 0 Å². The van der Waals surface area contributed by atoms with E-state index in [0.717, 1.165) is 27.9 Å². The Bertz CT molecular complexity index is 1200. The number of carbonyl (C=O) groups excluding carboxylic acids is 1. The highest BCUT2D eigenvalue weighted by Gasteiger charge is 2.25. The average Bonchev–Trinajstić information content (AvgIpc) is 3.08. The van der Waals surface area contributed by atoms with Crippen molar-refractivity contribution in [2.24, 2.45) is 0 Å². The highest BCUT2D eigenvalue weighted by molar-refractivity contribution is 5.97. The fraction of sp³-hybridized carbons (Fsp3) is 0.0769. The largest absolute Gasteiger partial charge is 0.321 e. The Labute approximate surface area is 176 Å². The van der Waals surface area contributed by atoms with Gasteiger partial charge in [0, 0.05) is 19.0 Å². The minimum Gasteiger partial charge on any atom is -0.321 e. The summed E-state index contributed by atoms with van der Waals surface area (Å²) in [5.41, 5.74) is 5.20. The molecule has 0 aliphatic rings. The van der Waals surface area contributed by atoms with E-state index in [1.165, 1.54) is 6.92 Å². The third-order valence-electron chi connectivity index (χ3n) is 4.96. The Balaban J connectivity index is 2.07. The molecule has 4 rings (SSSR count). The van der Waals surface area contributed by atoms with E-state index >= 15 is 0 Å². The van der Waals surface area contributed by atoms with Crippen LogP contribution in [0.25, 0.3) is 22.4 Å². The average molecular weight is 391 g/mol. The van der Waals surface area contributed by atoms with Gasteiger partial charge in [0.1, 0.15) is 17.5 Å². The highest BCUT2D eigenvalue weighted by atomic mass is 16.1. The molecule has 146 valence electrons. The number of nitriles is 1. The van der Waals surface area contributed by atoms with Gasteiger partial charge in [0.25, 0.3) is 0 Å². The van der Waals surface area contributed by atoms with Crippen molar-refractivity contribution < 1.29 is 4.79 Å². The second-order valence-electron chi connectivity index (χ2n) is 7.04. The van der Waals surface area contributed by atoms with Crippen molar-refractivity contribution in [1.29, 1.82) is 5.26 Å². The lowest BCUT2D eigenvalue weighted by molar-refractivity contribution is -0.114. The molecule has 1 heterocycles. The van der Waals surface area contributed by atoms with Crippen molar-refractivity contribution in [1.82, 2.24) is 4.57 Å². The molecule has 4 heteroatoms. The van der Waals surface area contributed by atoms with E-state index < -0.39 is 0 Å². The van der Waals surface area contributed by atoms with Gasteiger partial charge in [-0.05, 0) is 16.7 Å². The molecule has 30 heavy (non-hydrogen) atoms. The summed E-state index contributed by atoms with van der Waals surface area (Å²) in [7, 11) is 0. The summed E-state index contributed by atoms with van der Waals surface area (Å²) in [4.78, 5) is 12.0. The molecule has 0 bridgehead atoms. The second-order valence-corrected chi connectivity index (χ2v) is 7.04. The summed E-state index contributed by atoms with van der Waals surface area (Å²) in [5, 5.41) is 13.0. The van der Waals surface area contributed by atoms with Gasteiger partial charge in [-0.25, -0.2) is 0 Å². The lowest BCUT2D eigenvalue weighted by Crippen LogP contribution is -2.13. The van der Waals surface area contributed by atoms with Crippen LogP contribution >= 0.6 is 0 Å². The van der Waals surface area contributed by atoms with Gasteiger partial charge in [-0.15, -0.1) is 0 Å². The molecule has 0 spiro atoms. The van der Waals surface area contributed by atoms with E-state index in [1.54, 1.807) is 0 Å². The third kappa shape index (κ3) is 3.74. The van der Waals surface area contributed by atoms with Crippen molar-refractivity contribution in [3.05, 3.63) is 102 Å². The van der Waals surface area contributed by atoms with Gasteiger partial charge in [-0.3, -0.25) is 4.79 Å². The minimum absolute atomic E-state index is 0.211. The summed E-state index contributed by atoms with van der Waals surface area (Å²) in [6, 6.07) is 32.2. The molecule has 4 aromatic rings. The molecule has 0 atom stereocenters. The number of benzene rings is 3. The number of nitrogens with zero attached hydrogens (tertiary/aromatic N) is 2. The summed E-state index contributed by atoms with van der Waals surface area (Å²) in [6.45, 7) is 1.99. The van der Waals surface area contributed by atoms with Crippen molar-refractivity contribution in [3.63, 3.8) is 0 Å². The number of rotatable bonds is 5. The minimum atomic E-state index is -0.211. The van der Waals surface area contributed by atoms with Crippen LogP contribution < -0.4 is 5.32 Å². The van der Waals surface area contributed by atoms with Crippen molar-refractivity contribution in [2.45, 2.75) is 13.5 Å². The maximum Gasteiger partial charge on any atom is 0.222 e. The Morgan fingerprint density at radius 3 is 1.93 bits per heavy atom. The first-order valence-electron chi connectivity index (χ1n) is 9.78. The summed E-state index contributed by atoms with van der Waals surface area (Å²) in [5.74, 6) is 0.309. The summed E-state index contributed by atoms with van der Waals surface area (Å²) in [6.07, 6.45) is 0. The Morgan fingerprint density at radius 1 is 0.867 bits per heavy atom. The molecule has 1 aromatic heterocycles. The Hall–Kier alpha value is -4.10. The molecule has 0 aliphatic heterocycles. The molecule has 4 nitrogen and oxygen atoms in total. The van der Waals surface area contributed by atoms with Crippen LogP contribution in [0, 0.1) is 11.3 Å². The predicted molar refractivity (Wildman–Crippen MR) is 120 cm³/mol. The van der Waals surface area contributed by atoms with Crippen LogP contribution in [0.1, 0.15) is 18.1 Å². The fourth-order valence-corrected chi connectivity index (χ4v) is 3.73. The quantitative estimate of drug-likeness (QED) is 0.474. The van der Waals surface area contributed by atoms with Crippen LogP contribution in [0.15, 0.2) is 91.0 Å². The molecule has 0 unspecified atom stereocenters. The first-order valence-corrected chi connectivity index (χ1v) is 9.78. The fourth-order valence-electron chi connectivity index (χ4n) is 3.73. The lowest BCUT2D eigenvalue weighted by atomic mass is 9.98. The van der Waals surface area contributed by atoms with Gasteiger partial charge >= 0.3 is 0 Å². The second kappa shape index (κ2) is 8.50. The van der Waals surface area contributed by atoms with E-state index in [1.807, 2.05) is 95.6 Å². The number of carbonyl (C=O) groups is 1. The van der Waals surface area contributed by atoms with Gasteiger partial charge in [-0.1, -0.05) is 91.0 Å². The number of hydrogen-bond donors (Lipinski definition) is 1. The molecule has 0 fully saturated rings. The van der Waals surface area contributed by atoms with Gasteiger partial charge in [0.15, 0.2) is 0 Å². The van der Waals surface area contributed by atoms with Crippen molar-refractivity contribution in [3.8, 4) is 28.5 Å². The first kappa shape index (κ1) is 19.2. The van der Waals surface area contributed by atoms with Crippen LogP contribution in [0.3, 0.4) is 0 Å². The molecular formula is C26H21N3O. The molecule has 1 amide bonds. The zero-order chi connectivity index (χ0) is 20.9. The van der Waals surface area contributed by atoms with E-state index in [9.17, 15) is 10.1 Å². The Morgan fingerprint density at radius 2 is 1.40 bits per heavy atom. The topological polar surface area (TPSA) is 57.8 Å². The van der Waals surface area contributed by atoms with E-state index in [2.05, 4.69) is 11.4 Å². The standard InChI is InChI=1S/C26H21N3O/c1-19(30)28-26-23(17-27)24(21-13-7-3-8-14-21)25(22-15-9-4-10-16-22)29(26)18-20-11-5-2-6-12-20/h2-16H,18H2,1H3,(H,28,30). The van der Waals surface area contributed by atoms with Crippen LogP contribution in [-0.4, -0.2) is 10.5 Å². The van der Waals surface area contributed by atoms with Gasteiger partial charge < -0.3 is 9.88 Å². The zero-order valence-corrected chi connectivity index (χ0v) is 16.7. The maximum absolute atomic E-state index is 12.0. The predicted octanol–water partition coefficient (Wildman–Crippen LogP) is 5.70. The highest BCUT2D eigenvalue weighted by Crippen LogP contribution is 2.42. The third-order valence-corrected chi connectivity index (χ3v) is 4.96. The van der Waals surface area contributed by atoms with Crippen molar-refractivity contribution in [2.75, 3.05) is 5.32 Å².